The molecule has 1 amide bonds. The maximum Gasteiger partial charge on any atom is 0.254 e. The molecule has 0 bridgehead atoms. The van der Waals surface area contributed by atoms with Gasteiger partial charge in [0.15, 0.2) is 0 Å². The van der Waals surface area contributed by atoms with Crippen LogP contribution in [-0.2, 0) is 16.6 Å². The molecule has 2 aromatic rings. The number of nitrogens with zero attached hydrogens (tertiary/aromatic N) is 2. The molecule has 0 radical (unpaired) electrons. The molecule has 7 heteroatoms. The van der Waals surface area contributed by atoms with Crippen molar-refractivity contribution in [1.82, 2.24) is 9.21 Å². The summed E-state index contributed by atoms with van der Waals surface area (Å²) in [5.74, 6) is 0.539. The van der Waals surface area contributed by atoms with Crippen molar-refractivity contribution in [2.75, 3.05) is 21.2 Å². The largest absolute Gasteiger partial charge is 0.495 e. The number of hydrogen-bond donors (Lipinski definition) is 0. The first-order valence-electron chi connectivity index (χ1n) is 9.71. The van der Waals surface area contributed by atoms with Crippen LogP contribution < -0.4 is 4.74 Å². The molecule has 6 nitrogen and oxygen atoms in total. The van der Waals surface area contributed by atoms with E-state index in [1.165, 1.54) is 27.3 Å². The molecular weight excluding hydrogens is 388 g/mol. The molecule has 0 saturated heterocycles. The van der Waals surface area contributed by atoms with Crippen LogP contribution in [0.3, 0.4) is 0 Å². The molecule has 2 aromatic carbocycles. The number of sulfonamides is 1. The number of methoxy groups -OCH3 is 1. The Hall–Kier alpha value is -2.38. The maximum atomic E-state index is 13.4. The predicted octanol–water partition coefficient (Wildman–Crippen LogP) is 3.39. The molecule has 0 N–H and O–H groups in total. The molecule has 1 saturated carbocycles. The van der Waals surface area contributed by atoms with Crippen molar-refractivity contribution in [2.24, 2.45) is 5.92 Å². The molecule has 0 spiro atoms. The van der Waals surface area contributed by atoms with Crippen molar-refractivity contribution >= 4 is 15.9 Å². The topological polar surface area (TPSA) is 66.9 Å². The van der Waals surface area contributed by atoms with Gasteiger partial charge in [-0.25, -0.2) is 12.7 Å². The van der Waals surface area contributed by atoms with Crippen LogP contribution in [0.5, 0.6) is 5.75 Å². The maximum absolute atomic E-state index is 13.4. The van der Waals surface area contributed by atoms with Gasteiger partial charge in [0.25, 0.3) is 5.91 Å². The second kappa shape index (κ2) is 8.55. The highest BCUT2D eigenvalue weighted by Crippen LogP contribution is 2.36. The highest BCUT2D eigenvalue weighted by molar-refractivity contribution is 7.89. The highest BCUT2D eigenvalue weighted by atomic mass is 32.2. The third-order valence-electron chi connectivity index (χ3n) is 5.42. The van der Waals surface area contributed by atoms with Gasteiger partial charge in [-0.15, -0.1) is 0 Å². The van der Waals surface area contributed by atoms with E-state index in [9.17, 15) is 13.2 Å². The van der Waals surface area contributed by atoms with E-state index < -0.39 is 10.0 Å². The lowest BCUT2D eigenvalue weighted by Crippen LogP contribution is -2.39. The molecule has 1 aliphatic rings. The van der Waals surface area contributed by atoms with Crippen molar-refractivity contribution in [3.8, 4) is 5.75 Å². The van der Waals surface area contributed by atoms with E-state index in [4.69, 9.17) is 4.74 Å². The number of carbonyl (C=O) groups excluding carboxylic acids is 1. The SMILES string of the molecule is COc1ccc(C(=O)N(Cc2ccccc2)C(C)C2CC2)cc1S(=O)(=O)N(C)C. The first kappa shape index (κ1) is 21.3. The third kappa shape index (κ3) is 4.62. The standard InChI is InChI=1S/C22H28N2O4S/c1-16(18-10-11-18)24(15-17-8-6-5-7-9-17)22(25)19-12-13-20(28-4)21(14-19)29(26,27)23(2)3/h5-9,12-14,16,18H,10-11,15H2,1-4H3. The van der Waals surface area contributed by atoms with Crippen molar-refractivity contribution in [3.05, 3.63) is 59.7 Å². The molecule has 1 unspecified atom stereocenters. The van der Waals surface area contributed by atoms with Gasteiger partial charge in [0.2, 0.25) is 10.0 Å². The molecule has 1 aliphatic carbocycles. The summed E-state index contributed by atoms with van der Waals surface area (Å²) in [6.07, 6.45) is 2.23. The van der Waals surface area contributed by atoms with Gasteiger partial charge < -0.3 is 9.64 Å². The van der Waals surface area contributed by atoms with E-state index in [0.717, 1.165) is 22.7 Å². The van der Waals surface area contributed by atoms with Crippen molar-refractivity contribution < 1.29 is 17.9 Å². The van der Waals surface area contributed by atoms with Gasteiger partial charge in [-0.1, -0.05) is 30.3 Å². The highest BCUT2D eigenvalue weighted by Gasteiger charge is 2.35. The molecule has 1 atom stereocenters. The number of carbonyl (C=O) groups is 1. The normalized spacial score (nSPS) is 15.2. The average Bonchev–Trinajstić information content (AvgIpc) is 3.56. The fraction of sp³-hybridized carbons (Fsp3) is 0.409. The lowest BCUT2D eigenvalue weighted by atomic mass is 10.1. The monoisotopic (exact) mass is 416 g/mol. The van der Waals surface area contributed by atoms with Crippen LogP contribution >= 0.6 is 0 Å². The van der Waals surface area contributed by atoms with Crippen LogP contribution in [0.25, 0.3) is 0 Å². The molecular formula is C22H28N2O4S. The minimum atomic E-state index is -3.75. The van der Waals surface area contributed by atoms with Gasteiger partial charge in [-0.3, -0.25) is 4.79 Å². The lowest BCUT2D eigenvalue weighted by Gasteiger charge is -2.30. The molecule has 0 aromatic heterocycles. The van der Waals surface area contributed by atoms with Crippen LogP contribution in [0, 0.1) is 5.92 Å². The second-order valence-corrected chi connectivity index (χ2v) is 9.77. The summed E-state index contributed by atoms with van der Waals surface area (Å²) in [7, 11) is 0.589. The molecule has 0 heterocycles. The van der Waals surface area contributed by atoms with Crippen LogP contribution in [0.4, 0.5) is 0 Å². The van der Waals surface area contributed by atoms with E-state index in [1.54, 1.807) is 12.1 Å². The smallest absolute Gasteiger partial charge is 0.254 e. The van der Waals surface area contributed by atoms with E-state index >= 15 is 0 Å². The zero-order chi connectivity index (χ0) is 21.2. The molecule has 156 valence electrons. The van der Waals surface area contributed by atoms with Gasteiger partial charge in [0, 0.05) is 32.2 Å². The van der Waals surface area contributed by atoms with Crippen molar-refractivity contribution in [1.29, 1.82) is 0 Å². The van der Waals surface area contributed by atoms with Gasteiger partial charge in [-0.05, 0) is 49.4 Å². The minimum Gasteiger partial charge on any atom is -0.495 e. The molecule has 29 heavy (non-hydrogen) atoms. The number of amides is 1. The van der Waals surface area contributed by atoms with Crippen LogP contribution in [-0.4, -0.2) is 50.8 Å². The Bertz CT molecular complexity index is 970. The van der Waals surface area contributed by atoms with Crippen molar-refractivity contribution in [3.63, 3.8) is 0 Å². The van der Waals surface area contributed by atoms with Crippen LogP contribution in [0.2, 0.25) is 0 Å². The minimum absolute atomic E-state index is 0.00501. The summed E-state index contributed by atoms with van der Waals surface area (Å²) in [4.78, 5) is 15.3. The van der Waals surface area contributed by atoms with Gasteiger partial charge in [-0.2, -0.15) is 0 Å². The first-order chi connectivity index (χ1) is 13.8. The first-order valence-corrected chi connectivity index (χ1v) is 11.1. The summed E-state index contributed by atoms with van der Waals surface area (Å²) >= 11 is 0. The van der Waals surface area contributed by atoms with Gasteiger partial charge in [0.05, 0.1) is 7.11 Å². The number of rotatable bonds is 8. The van der Waals surface area contributed by atoms with Crippen molar-refractivity contribution in [2.45, 2.75) is 37.2 Å². The van der Waals surface area contributed by atoms with E-state index in [-0.39, 0.29) is 22.6 Å². The van der Waals surface area contributed by atoms with E-state index in [1.807, 2.05) is 35.2 Å². The number of benzene rings is 2. The second-order valence-electron chi connectivity index (χ2n) is 7.65. The van der Waals surface area contributed by atoms with Gasteiger partial charge >= 0.3 is 0 Å². The zero-order valence-corrected chi connectivity index (χ0v) is 18.1. The van der Waals surface area contributed by atoms with E-state index in [2.05, 4.69) is 6.92 Å². The van der Waals surface area contributed by atoms with Gasteiger partial charge in [0.1, 0.15) is 10.6 Å². The molecule has 0 aliphatic heterocycles. The molecule has 1 fully saturated rings. The van der Waals surface area contributed by atoms with Crippen LogP contribution in [0.15, 0.2) is 53.4 Å². The average molecular weight is 417 g/mol. The Labute approximate surface area is 173 Å². The Morgan fingerprint density at radius 2 is 1.79 bits per heavy atom. The fourth-order valence-electron chi connectivity index (χ4n) is 3.39. The summed E-state index contributed by atoms with van der Waals surface area (Å²) < 4.78 is 31.8. The summed E-state index contributed by atoms with van der Waals surface area (Å²) in [6, 6.07) is 14.5. The number of ether oxygens (including phenoxy) is 1. The zero-order valence-electron chi connectivity index (χ0n) is 17.3. The predicted molar refractivity (Wildman–Crippen MR) is 112 cm³/mol. The molecule has 3 rings (SSSR count). The fourth-order valence-corrected chi connectivity index (χ4v) is 4.46. The summed E-state index contributed by atoms with van der Waals surface area (Å²) in [5, 5.41) is 0. The summed E-state index contributed by atoms with van der Waals surface area (Å²) in [5.41, 5.74) is 1.39. The Kier molecular flexibility index (Phi) is 6.29. The van der Waals surface area contributed by atoms with E-state index in [0.29, 0.717) is 18.0 Å². The Balaban J connectivity index is 1.99. The third-order valence-corrected chi connectivity index (χ3v) is 7.26. The quantitative estimate of drug-likeness (QED) is 0.662. The lowest BCUT2D eigenvalue weighted by molar-refractivity contribution is 0.0654. The summed E-state index contributed by atoms with van der Waals surface area (Å²) in [6.45, 7) is 2.55. The van der Waals surface area contributed by atoms with Crippen LogP contribution in [0.1, 0.15) is 35.7 Å². The Morgan fingerprint density at radius 3 is 2.34 bits per heavy atom. The number of hydrogen-bond acceptors (Lipinski definition) is 4. The Morgan fingerprint density at radius 1 is 1.14 bits per heavy atom.